The predicted octanol–water partition coefficient (Wildman–Crippen LogP) is 4.42. The number of hydrogen-bond acceptors (Lipinski definition) is 4. The summed E-state index contributed by atoms with van der Waals surface area (Å²) in [6, 6.07) is 23.1. The third-order valence-corrected chi connectivity index (χ3v) is 4.80. The van der Waals surface area contributed by atoms with Gasteiger partial charge >= 0.3 is 0 Å². The Morgan fingerprint density at radius 1 is 0.920 bits per heavy atom. The Bertz CT molecular complexity index is 1030. The maximum atomic E-state index is 11.6. The lowest BCUT2D eigenvalue weighted by Crippen LogP contribution is -1.96. The zero-order valence-electron chi connectivity index (χ0n) is 13.5. The van der Waals surface area contributed by atoms with Crippen LogP contribution in [0.5, 0.6) is 11.5 Å². The van der Waals surface area contributed by atoms with E-state index in [4.69, 9.17) is 4.74 Å². The topological polar surface area (TPSA) is 67.2 Å². The summed E-state index contributed by atoms with van der Waals surface area (Å²) < 4.78 is 29.2. The molecule has 0 amide bonds. The van der Waals surface area contributed by atoms with Crippen LogP contribution in [0.2, 0.25) is 0 Å². The molecule has 3 rings (SSSR count). The fourth-order valence-electron chi connectivity index (χ4n) is 2.41. The molecule has 0 heterocycles. The Morgan fingerprint density at radius 3 is 2.20 bits per heavy atom. The second-order valence-corrected chi connectivity index (χ2v) is 7.55. The van der Waals surface area contributed by atoms with E-state index in [1.165, 1.54) is 6.26 Å². The van der Waals surface area contributed by atoms with Gasteiger partial charge in [-0.3, -0.25) is 0 Å². The van der Waals surface area contributed by atoms with E-state index >= 15 is 0 Å². The second-order valence-electron chi connectivity index (χ2n) is 5.53. The highest BCUT2D eigenvalue weighted by Gasteiger charge is 2.11. The van der Waals surface area contributed by atoms with Crippen molar-refractivity contribution in [1.82, 2.24) is 0 Å². The average Bonchev–Trinajstić information content (AvgIpc) is 2.62. The molecule has 0 spiro atoms. The van der Waals surface area contributed by atoms with E-state index < -0.39 is 9.84 Å². The number of ether oxygens (including phenoxy) is 1. The summed E-state index contributed by atoms with van der Waals surface area (Å²) in [5.74, 6) is 1.28. The molecule has 0 atom stereocenters. The molecule has 124 valence electrons. The van der Waals surface area contributed by atoms with Gasteiger partial charge in [0.15, 0.2) is 9.84 Å². The van der Waals surface area contributed by atoms with Gasteiger partial charge in [0.1, 0.15) is 11.5 Å². The second kappa shape index (κ2) is 6.80. The maximum Gasteiger partial charge on any atom is 0.175 e. The van der Waals surface area contributed by atoms with Gasteiger partial charge in [0, 0.05) is 11.8 Å². The molecule has 0 aliphatic rings. The molecule has 0 aliphatic heterocycles. The van der Waals surface area contributed by atoms with Gasteiger partial charge in [-0.25, -0.2) is 8.42 Å². The van der Waals surface area contributed by atoms with Crippen molar-refractivity contribution < 1.29 is 13.2 Å². The maximum absolute atomic E-state index is 11.6. The minimum absolute atomic E-state index is 0.248. The predicted molar refractivity (Wildman–Crippen MR) is 96.2 cm³/mol. The Balaban J connectivity index is 2.06. The largest absolute Gasteiger partial charge is 0.457 e. The van der Waals surface area contributed by atoms with Crippen molar-refractivity contribution in [2.24, 2.45) is 0 Å². The fourth-order valence-corrected chi connectivity index (χ4v) is 3.04. The standard InChI is InChI=1S/C20H15NO3S/c1-25(22,23)18-10-8-16(9-11-18)19-13-15(14-21)7-12-20(19)24-17-5-3-2-4-6-17/h2-13H,1H3. The van der Waals surface area contributed by atoms with Crippen molar-refractivity contribution in [3.05, 3.63) is 78.4 Å². The van der Waals surface area contributed by atoms with Gasteiger partial charge in [-0.2, -0.15) is 5.26 Å². The molecule has 0 saturated carbocycles. The van der Waals surface area contributed by atoms with Gasteiger partial charge in [0.2, 0.25) is 0 Å². The van der Waals surface area contributed by atoms with Crippen LogP contribution in [-0.2, 0) is 9.84 Å². The number of rotatable bonds is 4. The number of sulfone groups is 1. The Labute approximate surface area is 146 Å². The van der Waals surface area contributed by atoms with Crippen molar-refractivity contribution >= 4 is 9.84 Å². The molecule has 25 heavy (non-hydrogen) atoms. The van der Waals surface area contributed by atoms with E-state index in [-0.39, 0.29) is 4.90 Å². The van der Waals surface area contributed by atoms with Crippen LogP contribution in [0, 0.1) is 11.3 Å². The lowest BCUT2D eigenvalue weighted by atomic mass is 10.0. The first-order valence-electron chi connectivity index (χ1n) is 7.55. The number of benzene rings is 3. The number of para-hydroxylation sites is 1. The lowest BCUT2D eigenvalue weighted by molar-refractivity contribution is 0.484. The van der Waals surface area contributed by atoms with Gasteiger partial charge in [-0.1, -0.05) is 30.3 Å². The molecule has 0 aromatic heterocycles. The van der Waals surface area contributed by atoms with Gasteiger partial charge in [-0.05, 0) is 48.0 Å². The van der Waals surface area contributed by atoms with Gasteiger partial charge in [0.25, 0.3) is 0 Å². The molecule has 0 N–H and O–H groups in total. The minimum Gasteiger partial charge on any atom is -0.457 e. The van der Waals surface area contributed by atoms with Crippen LogP contribution in [0.1, 0.15) is 5.56 Å². The summed E-state index contributed by atoms with van der Waals surface area (Å²) in [6.07, 6.45) is 1.17. The molecule has 0 unspecified atom stereocenters. The highest BCUT2D eigenvalue weighted by Crippen LogP contribution is 2.34. The number of nitrogens with zero attached hydrogens (tertiary/aromatic N) is 1. The fraction of sp³-hybridized carbons (Fsp3) is 0.0500. The average molecular weight is 349 g/mol. The SMILES string of the molecule is CS(=O)(=O)c1ccc(-c2cc(C#N)ccc2Oc2ccccc2)cc1. The van der Waals surface area contributed by atoms with Crippen molar-refractivity contribution in [3.8, 4) is 28.7 Å². The Hall–Kier alpha value is -3.10. The monoisotopic (exact) mass is 349 g/mol. The highest BCUT2D eigenvalue weighted by atomic mass is 32.2. The molecule has 0 fully saturated rings. The summed E-state index contributed by atoms with van der Waals surface area (Å²) >= 11 is 0. The van der Waals surface area contributed by atoms with Gasteiger partial charge in [0.05, 0.1) is 16.5 Å². The van der Waals surface area contributed by atoms with E-state index in [2.05, 4.69) is 6.07 Å². The van der Waals surface area contributed by atoms with Crippen LogP contribution in [0.15, 0.2) is 77.7 Å². The van der Waals surface area contributed by atoms with Gasteiger partial charge in [-0.15, -0.1) is 0 Å². The van der Waals surface area contributed by atoms with Crippen LogP contribution in [0.4, 0.5) is 0 Å². The van der Waals surface area contributed by atoms with E-state index in [1.54, 1.807) is 42.5 Å². The van der Waals surface area contributed by atoms with Crippen molar-refractivity contribution in [2.45, 2.75) is 4.90 Å². The van der Waals surface area contributed by atoms with Gasteiger partial charge < -0.3 is 4.74 Å². The summed E-state index contributed by atoms with van der Waals surface area (Å²) in [5, 5.41) is 9.17. The normalized spacial score (nSPS) is 10.9. The smallest absolute Gasteiger partial charge is 0.175 e. The van der Waals surface area contributed by atoms with Crippen LogP contribution in [0.25, 0.3) is 11.1 Å². The molecule has 0 saturated heterocycles. The Morgan fingerprint density at radius 2 is 1.60 bits per heavy atom. The molecular weight excluding hydrogens is 334 g/mol. The zero-order chi connectivity index (χ0) is 17.9. The lowest BCUT2D eigenvalue weighted by Gasteiger charge is -2.12. The molecule has 5 heteroatoms. The molecule has 0 radical (unpaired) electrons. The van der Waals surface area contributed by atoms with E-state index in [0.717, 1.165) is 11.1 Å². The molecule has 0 bridgehead atoms. The van der Waals surface area contributed by atoms with Crippen molar-refractivity contribution in [3.63, 3.8) is 0 Å². The van der Waals surface area contributed by atoms with Crippen LogP contribution >= 0.6 is 0 Å². The quantitative estimate of drug-likeness (QED) is 0.699. The first-order valence-corrected chi connectivity index (χ1v) is 9.44. The van der Waals surface area contributed by atoms with E-state index in [9.17, 15) is 13.7 Å². The van der Waals surface area contributed by atoms with E-state index in [0.29, 0.717) is 17.1 Å². The van der Waals surface area contributed by atoms with Crippen LogP contribution in [0.3, 0.4) is 0 Å². The summed E-state index contributed by atoms with van der Waals surface area (Å²) in [6.45, 7) is 0. The summed E-state index contributed by atoms with van der Waals surface area (Å²) in [4.78, 5) is 0.248. The molecular formula is C20H15NO3S. The minimum atomic E-state index is -3.26. The Kier molecular flexibility index (Phi) is 4.55. The highest BCUT2D eigenvalue weighted by molar-refractivity contribution is 7.90. The number of nitriles is 1. The van der Waals surface area contributed by atoms with Crippen LogP contribution < -0.4 is 4.74 Å². The molecule has 4 nitrogen and oxygen atoms in total. The van der Waals surface area contributed by atoms with Crippen LogP contribution in [-0.4, -0.2) is 14.7 Å². The van der Waals surface area contributed by atoms with Crippen molar-refractivity contribution in [2.75, 3.05) is 6.26 Å². The van der Waals surface area contributed by atoms with E-state index in [1.807, 2.05) is 30.3 Å². The molecule has 3 aromatic rings. The third kappa shape index (κ3) is 3.87. The summed E-state index contributed by atoms with van der Waals surface area (Å²) in [5.41, 5.74) is 2.00. The van der Waals surface area contributed by atoms with Crippen molar-refractivity contribution in [1.29, 1.82) is 5.26 Å². The molecule has 3 aromatic carbocycles. The molecule has 0 aliphatic carbocycles. The summed E-state index contributed by atoms with van der Waals surface area (Å²) in [7, 11) is -3.26. The zero-order valence-corrected chi connectivity index (χ0v) is 14.3. The first kappa shape index (κ1) is 16.7. The third-order valence-electron chi connectivity index (χ3n) is 3.67. The first-order chi connectivity index (χ1) is 12.0. The number of hydrogen-bond donors (Lipinski definition) is 0.